The average molecular weight is 489 g/mol. The molecule has 1 amide bonds. The number of benzene rings is 1. The summed E-state index contributed by atoms with van der Waals surface area (Å²) in [6.45, 7) is 15.2. The van der Waals surface area contributed by atoms with E-state index in [0.717, 1.165) is 12.0 Å². The molecule has 4 unspecified atom stereocenters. The molecule has 0 radical (unpaired) electrons. The molecular weight excluding hydrogens is 448 g/mol. The summed E-state index contributed by atoms with van der Waals surface area (Å²) in [7, 11) is -2.13. The fourth-order valence-corrected chi connectivity index (χ4v) is 5.84. The number of rotatable bonds is 9. The van der Waals surface area contributed by atoms with Crippen molar-refractivity contribution in [2.24, 2.45) is 0 Å². The van der Waals surface area contributed by atoms with Gasteiger partial charge < -0.3 is 19.3 Å². The molecule has 9 heteroatoms. The van der Waals surface area contributed by atoms with Gasteiger partial charge in [-0.1, -0.05) is 51.1 Å². The highest BCUT2D eigenvalue weighted by Crippen LogP contribution is 2.39. The SMILES string of the molecule is CC(O[Si](C)(C)C(C)(C)C)C(NC(=O)C1(CO)CCC(C)N1Cc1ccccc1)c1nnco1. The van der Waals surface area contributed by atoms with E-state index in [1.54, 1.807) is 0 Å². The Morgan fingerprint density at radius 1 is 1.35 bits per heavy atom. The summed E-state index contributed by atoms with van der Waals surface area (Å²) < 4.78 is 12.1. The minimum Gasteiger partial charge on any atom is -0.426 e. The van der Waals surface area contributed by atoms with Crippen molar-refractivity contribution in [2.75, 3.05) is 6.61 Å². The third-order valence-corrected chi connectivity index (χ3v) is 12.2. The molecule has 4 atom stereocenters. The first-order chi connectivity index (χ1) is 15.9. The number of hydrogen-bond acceptors (Lipinski definition) is 7. The third-order valence-electron chi connectivity index (χ3n) is 7.62. The van der Waals surface area contributed by atoms with Crippen molar-refractivity contribution >= 4 is 14.2 Å². The van der Waals surface area contributed by atoms with E-state index < -0.39 is 19.9 Å². The molecule has 1 aliphatic heterocycles. The number of amides is 1. The lowest BCUT2D eigenvalue weighted by molar-refractivity contribution is -0.137. The van der Waals surface area contributed by atoms with Gasteiger partial charge in [-0.2, -0.15) is 0 Å². The summed E-state index contributed by atoms with van der Waals surface area (Å²) in [4.78, 5) is 16.0. The highest BCUT2D eigenvalue weighted by molar-refractivity contribution is 6.74. The van der Waals surface area contributed by atoms with Crippen molar-refractivity contribution in [3.05, 3.63) is 48.2 Å². The second-order valence-corrected chi connectivity index (χ2v) is 15.8. The van der Waals surface area contributed by atoms with Crippen LogP contribution in [0.4, 0.5) is 0 Å². The average Bonchev–Trinajstić information content (AvgIpc) is 3.41. The Morgan fingerprint density at radius 2 is 2.03 bits per heavy atom. The molecule has 34 heavy (non-hydrogen) atoms. The van der Waals surface area contributed by atoms with Crippen molar-refractivity contribution in [2.45, 2.75) is 95.9 Å². The first-order valence-corrected chi connectivity index (χ1v) is 15.0. The number of aliphatic hydroxyl groups excluding tert-OH is 1. The second kappa shape index (κ2) is 10.3. The number of nitrogens with one attached hydrogen (secondary N) is 1. The lowest BCUT2D eigenvalue weighted by Gasteiger charge is -2.41. The maximum Gasteiger partial charge on any atom is 0.243 e. The van der Waals surface area contributed by atoms with Crippen LogP contribution in [0.1, 0.15) is 65.0 Å². The molecule has 0 saturated carbocycles. The van der Waals surface area contributed by atoms with Gasteiger partial charge in [-0.25, -0.2) is 0 Å². The number of carbonyl (C=O) groups is 1. The highest BCUT2D eigenvalue weighted by atomic mass is 28.4. The van der Waals surface area contributed by atoms with E-state index in [2.05, 4.69) is 61.2 Å². The Hall–Kier alpha value is -2.07. The van der Waals surface area contributed by atoms with Crippen LogP contribution in [0.5, 0.6) is 0 Å². The van der Waals surface area contributed by atoms with Gasteiger partial charge in [0.15, 0.2) is 8.32 Å². The van der Waals surface area contributed by atoms with E-state index in [-0.39, 0.29) is 29.7 Å². The van der Waals surface area contributed by atoms with Crippen molar-refractivity contribution < 1.29 is 18.7 Å². The largest absolute Gasteiger partial charge is 0.426 e. The summed E-state index contributed by atoms with van der Waals surface area (Å²) in [5, 5.41) is 21.6. The van der Waals surface area contributed by atoms with E-state index in [1.807, 2.05) is 37.3 Å². The molecule has 0 bridgehead atoms. The fourth-order valence-electron chi connectivity index (χ4n) is 4.42. The van der Waals surface area contributed by atoms with Crippen LogP contribution in [0.2, 0.25) is 18.1 Å². The fraction of sp³-hybridized carbons (Fsp3) is 0.640. The van der Waals surface area contributed by atoms with Gasteiger partial charge in [0.25, 0.3) is 0 Å². The molecule has 188 valence electrons. The van der Waals surface area contributed by atoms with Crippen LogP contribution in [-0.4, -0.2) is 58.7 Å². The zero-order valence-electron chi connectivity index (χ0n) is 21.5. The monoisotopic (exact) mass is 488 g/mol. The molecule has 0 spiro atoms. The van der Waals surface area contributed by atoms with Gasteiger partial charge in [-0.15, -0.1) is 10.2 Å². The van der Waals surface area contributed by atoms with Crippen LogP contribution in [0, 0.1) is 0 Å². The normalized spacial score (nSPS) is 23.6. The van der Waals surface area contributed by atoms with Gasteiger partial charge in [0.2, 0.25) is 18.2 Å². The van der Waals surface area contributed by atoms with Gasteiger partial charge in [-0.3, -0.25) is 9.69 Å². The Balaban J connectivity index is 1.87. The topological polar surface area (TPSA) is 101 Å². The van der Waals surface area contributed by atoms with E-state index in [9.17, 15) is 9.90 Å². The Labute approximate surface area is 204 Å². The van der Waals surface area contributed by atoms with Crippen LogP contribution in [0.15, 0.2) is 41.1 Å². The van der Waals surface area contributed by atoms with Crippen LogP contribution in [0.25, 0.3) is 0 Å². The molecule has 1 aliphatic rings. The number of hydrogen-bond donors (Lipinski definition) is 2. The summed E-state index contributed by atoms with van der Waals surface area (Å²) in [5.74, 6) is 0.0532. The molecule has 0 aliphatic carbocycles. The van der Waals surface area contributed by atoms with Crippen molar-refractivity contribution in [3.8, 4) is 0 Å². The molecule has 2 N–H and O–H groups in total. The van der Waals surface area contributed by atoms with E-state index >= 15 is 0 Å². The number of aliphatic hydroxyl groups is 1. The van der Waals surface area contributed by atoms with Crippen molar-refractivity contribution in [3.63, 3.8) is 0 Å². The van der Waals surface area contributed by atoms with Crippen LogP contribution in [0.3, 0.4) is 0 Å². The summed E-state index contributed by atoms with van der Waals surface area (Å²) in [6.07, 6.45) is 2.26. The Bertz CT molecular complexity index is 932. The van der Waals surface area contributed by atoms with Crippen molar-refractivity contribution in [1.29, 1.82) is 0 Å². The Kier molecular flexibility index (Phi) is 8.02. The predicted molar refractivity (Wildman–Crippen MR) is 133 cm³/mol. The van der Waals surface area contributed by atoms with Gasteiger partial charge in [-0.05, 0) is 50.4 Å². The second-order valence-electron chi connectivity index (χ2n) is 11.0. The minimum atomic E-state index is -2.13. The molecule has 1 aromatic heterocycles. The molecular formula is C25H40N4O4Si. The molecule has 1 saturated heterocycles. The van der Waals surface area contributed by atoms with E-state index in [4.69, 9.17) is 8.84 Å². The lowest BCUT2D eigenvalue weighted by atomic mass is 9.94. The number of nitrogens with zero attached hydrogens (tertiary/aromatic N) is 3. The molecule has 3 rings (SSSR count). The van der Waals surface area contributed by atoms with Gasteiger partial charge in [0, 0.05) is 12.6 Å². The first-order valence-electron chi connectivity index (χ1n) is 12.1. The summed E-state index contributed by atoms with van der Waals surface area (Å²) >= 11 is 0. The molecule has 1 fully saturated rings. The predicted octanol–water partition coefficient (Wildman–Crippen LogP) is 4.05. The highest BCUT2D eigenvalue weighted by Gasteiger charge is 2.51. The number of likely N-dealkylation sites (tertiary alicyclic amines) is 1. The number of carbonyl (C=O) groups excluding carboxylic acids is 1. The summed E-state index contributed by atoms with van der Waals surface area (Å²) in [6, 6.07) is 9.57. The van der Waals surface area contributed by atoms with Gasteiger partial charge in [0.1, 0.15) is 11.6 Å². The standard InChI is InChI=1S/C25H40N4O4Si/c1-18-13-14-25(16-30,29(18)15-20-11-9-8-10-12-20)23(31)27-21(22-28-26-17-32-22)19(2)33-34(6,7)24(3,4)5/h8-12,17-19,21,30H,13-16H2,1-7H3,(H,27,31). The van der Waals surface area contributed by atoms with E-state index in [1.165, 1.54) is 6.39 Å². The number of aromatic nitrogens is 2. The maximum atomic E-state index is 13.9. The van der Waals surface area contributed by atoms with Gasteiger partial charge >= 0.3 is 0 Å². The lowest BCUT2D eigenvalue weighted by Crippen LogP contribution is -2.60. The maximum absolute atomic E-state index is 13.9. The Morgan fingerprint density at radius 3 is 2.59 bits per heavy atom. The quantitative estimate of drug-likeness (QED) is 0.514. The molecule has 8 nitrogen and oxygen atoms in total. The van der Waals surface area contributed by atoms with E-state index in [0.29, 0.717) is 18.9 Å². The third kappa shape index (κ3) is 5.43. The molecule has 2 heterocycles. The first kappa shape index (κ1) is 26.5. The zero-order chi connectivity index (χ0) is 25.1. The molecule has 1 aromatic carbocycles. The van der Waals surface area contributed by atoms with Gasteiger partial charge in [0.05, 0.1) is 12.7 Å². The van der Waals surface area contributed by atoms with Crippen LogP contribution in [-0.2, 0) is 15.8 Å². The zero-order valence-corrected chi connectivity index (χ0v) is 22.5. The smallest absolute Gasteiger partial charge is 0.243 e. The summed E-state index contributed by atoms with van der Waals surface area (Å²) in [5.41, 5.74) is 0.0643. The van der Waals surface area contributed by atoms with Crippen molar-refractivity contribution in [1.82, 2.24) is 20.4 Å². The molecule has 2 aromatic rings. The van der Waals surface area contributed by atoms with Crippen LogP contribution >= 0.6 is 0 Å². The van der Waals surface area contributed by atoms with Crippen LogP contribution < -0.4 is 5.32 Å². The minimum absolute atomic E-state index is 0.00432.